The average molecular weight is 468 g/mol. The Morgan fingerprint density at radius 2 is 1.91 bits per heavy atom. The number of carbonyl (C=O) groups excluding carboxylic acids is 2. The number of hydrogen-bond acceptors (Lipinski definition) is 4. The molecule has 1 aromatic heterocycles. The second-order valence-electron chi connectivity index (χ2n) is 7.48. The van der Waals surface area contributed by atoms with Crippen LogP contribution in [0.2, 0.25) is 5.02 Å². The van der Waals surface area contributed by atoms with Gasteiger partial charge in [-0.1, -0.05) is 23.7 Å². The summed E-state index contributed by atoms with van der Waals surface area (Å²) in [6.07, 6.45) is 2.88. The van der Waals surface area contributed by atoms with Gasteiger partial charge in [-0.3, -0.25) is 9.59 Å². The molecular formula is C23H19ClFN5O3. The van der Waals surface area contributed by atoms with E-state index in [0.29, 0.717) is 27.5 Å². The average Bonchev–Trinajstić information content (AvgIpc) is 2.78. The molecule has 1 aliphatic rings. The van der Waals surface area contributed by atoms with Crippen molar-refractivity contribution in [1.29, 1.82) is 0 Å². The molecule has 2 N–H and O–H groups in total. The largest absolute Gasteiger partial charge is 0.327 e. The predicted molar refractivity (Wildman–Crippen MR) is 122 cm³/mol. The highest BCUT2D eigenvalue weighted by Crippen LogP contribution is 2.30. The second kappa shape index (κ2) is 8.87. The number of benzene rings is 2. The van der Waals surface area contributed by atoms with Crippen LogP contribution in [0.25, 0.3) is 5.69 Å². The van der Waals surface area contributed by atoms with Gasteiger partial charge in [-0.2, -0.15) is 9.78 Å². The van der Waals surface area contributed by atoms with E-state index in [9.17, 15) is 18.8 Å². The predicted octanol–water partition coefficient (Wildman–Crippen LogP) is 3.55. The Bertz CT molecular complexity index is 1340. The van der Waals surface area contributed by atoms with Gasteiger partial charge in [0.15, 0.2) is 0 Å². The third kappa shape index (κ3) is 4.49. The van der Waals surface area contributed by atoms with E-state index in [1.54, 1.807) is 19.1 Å². The molecule has 8 nitrogen and oxygen atoms in total. The molecule has 0 radical (unpaired) electrons. The quantitative estimate of drug-likeness (QED) is 0.613. The van der Waals surface area contributed by atoms with Gasteiger partial charge in [0.1, 0.15) is 5.82 Å². The number of halogens is 2. The van der Waals surface area contributed by atoms with Crippen LogP contribution in [0.15, 0.2) is 71.3 Å². The smallest absolute Gasteiger partial charge is 0.321 e. The summed E-state index contributed by atoms with van der Waals surface area (Å²) >= 11 is 6.34. The third-order valence-electron chi connectivity index (χ3n) is 5.18. The van der Waals surface area contributed by atoms with Crippen molar-refractivity contribution in [2.45, 2.75) is 13.0 Å². The first kappa shape index (κ1) is 22.2. The number of nitrogens with one attached hydrogen (secondary N) is 2. The monoisotopic (exact) mass is 467 g/mol. The number of nitrogens with zero attached hydrogens (tertiary/aromatic N) is 3. The van der Waals surface area contributed by atoms with Gasteiger partial charge in [0.05, 0.1) is 22.3 Å². The number of urea groups is 1. The molecule has 2 heterocycles. The molecule has 0 saturated carbocycles. The first-order chi connectivity index (χ1) is 15.7. The summed E-state index contributed by atoms with van der Waals surface area (Å²) in [6.45, 7) is 1.76. The molecule has 168 valence electrons. The summed E-state index contributed by atoms with van der Waals surface area (Å²) in [5.41, 5.74) is 1.79. The Morgan fingerprint density at radius 3 is 2.61 bits per heavy atom. The highest BCUT2D eigenvalue weighted by Gasteiger charge is 2.31. The molecule has 10 heteroatoms. The van der Waals surface area contributed by atoms with Gasteiger partial charge in [0, 0.05) is 31.2 Å². The fraction of sp³-hybridized carbons (Fsp3) is 0.130. The standard InChI is InChI=1S/C23H19ClFN5O3/c1-13-10-17(24)19(30-20(31)4-3-9-26-30)11-18(13)27-22(32)16-12-29(2)23(33)28-21(16)14-5-7-15(25)8-6-14/h3-12,21H,1-2H3,(H,27,32)(H,28,33)/t21-/m0/s1. The van der Waals surface area contributed by atoms with Crippen molar-refractivity contribution in [3.8, 4) is 5.69 Å². The van der Waals surface area contributed by atoms with Gasteiger partial charge in [-0.15, -0.1) is 0 Å². The van der Waals surface area contributed by atoms with E-state index in [0.717, 1.165) is 4.68 Å². The summed E-state index contributed by atoms with van der Waals surface area (Å²) < 4.78 is 14.5. The van der Waals surface area contributed by atoms with Crippen LogP contribution in [-0.4, -0.2) is 33.7 Å². The van der Waals surface area contributed by atoms with Crippen LogP contribution < -0.4 is 16.2 Å². The number of carbonyl (C=O) groups is 2. The van der Waals surface area contributed by atoms with Gasteiger partial charge in [0.2, 0.25) is 0 Å². The van der Waals surface area contributed by atoms with E-state index in [1.807, 2.05) is 0 Å². The highest BCUT2D eigenvalue weighted by atomic mass is 35.5. The van der Waals surface area contributed by atoms with E-state index in [2.05, 4.69) is 15.7 Å². The fourth-order valence-corrected chi connectivity index (χ4v) is 3.74. The van der Waals surface area contributed by atoms with E-state index in [4.69, 9.17) is 11.6 Å². The number of rotatable bonds is 4. The number of aromatic nitrogens is 2. The van der Waals surface area contributed by atoms with Crippen LogP contribution in [-0.2, 0) is 4.79 Å². The minimum Gasteiger partial charge on any atom is -0.327 e. The molecule has 3 aromatic rings. The molecule has 0 aliphatic carbocycles. The summed E-state index contributed by atoms with van der Waals surface area (Å²) in [6, 6.07) is 10.4. The lowest BCUT2D eigenvalue weighted by Gasteiger charge is -2.30. The number of amides is 3. The minimum absolute atomic E-state index is 0.245. The fourth-order valence-electron chi connectivity index (χ4n) is 3.44. The number of anilines is 1. The molecule has 1 aliphatic heterocycles. The Balaban J connectivity index is 1.70. The SMILES string of the molecule is Cc1cc(Cl)c(-n2ncccc2=O)cc1NC(=O)C1=CN(C)C(=O)N[C@H]1c1ccc(F)cc1. The van der Waals surface area contributed by atoms with Crippen LogP contribution in [0, 0.1) is 12.7 Å². The van der Waals surface area contributed by atoms with Crippen LogP contribution in [0.5, 0.6) is 0 Å². The molecule has 1 atom stereocenters. The first-order valence-electron chi connectivity index (χ1n) is 9.91. The summed E-state index contributed by atoms with van der Waals surface area (Å²) in [5.74, 6) is -0.914. The summed E-state index contributed by atoms with van der Waals surface area (Å²) in [7, 11) is 1.52. The lowest BCUT2D eigenvalue weighted by atomic mass is 9.97. The van der Waals surface area contributed by atoms with Crippen molar-refractivity contribution >= 4 is 29.2 Å². The van der Waals surface area contributed by atoms with Crippen LogP contribution in [0.4, 0.5) is 14.9 Å². The molecule has 0 fully saturated rings. The van der Waals surface area contributed by atoms with Gasteiger partial charge >= 0.3 is 6.03 Å². The van der Waals surface area contributed by atoms with Crippen LogP contribution in [0.3, 0.4) is 0 Å². The molecule has 0 unspecified atom stereocenters. The van der Waals surface area contributed by atoms with Gasteiger partial charge < -0.3 is 15.5 Å². The maximum Gasteiger partial charge on any atom is 0.321 e. The lowest BCUT2D eigenvalue weighted by Crippen LogP contribution is -2.44. The maximum atomic E-state index is 13.4. The summed E-state index contributed by atoms with van der Waals surface area (Å²) in [5, 5.41) is 9.90. The number of hydrogen-bond donors (Lipinski definition) is 2. The Labute approximate surface area is 193 Å². The van der Waals surface area contributed by atoms with Crippen molar-refractivity contribution in [1.82, 2.24) is 20.0 Å². The maximum absolute atomic E-state index is 13.4. The first-order valence-corrected chi connectivity index (χ1v) is 10.3. The highest BCUT2D eigenvalue weighted by molar-refractivity contribution is 6.32. The zero-order valence-electron chi connectivity index (χ0n) is 17.7. The van der Waals surface area contributed by atoms with Crippen molar-refractivity contribution in [2.24, 2.45) is 0 Å². The molecule has 33 heavy (non-hydrogen) atoms. The van der Waals surface area contributed by atoms with Gasteiger partial charge in [-0.25, -0.2) is 9.18 Å². The molecule has 0 saturated heterocycles. The molecular weight excluding hydrogens is 449 g/mol. The van der Waals surface area contributed by atoms with Gasteiger partial charge in [0.25, 0.3) is 11.5 Å². The summed E-state index contributed by atoms with van der Waals surface area (Å²) in [4.78, 5) is 38.9. The van der Waals surface area contributed by atoms with Crippen LogP contribution in [0.1, 0.15) is 17.2 Å². The van der Waals surface area contributed by atoms with E-state index < -0.39 is 23.8 Å². The zero-order valence-corrected chi connectivity index (χ0v) is 18.4. The lowest BCUT2D eigenvalue weighted by molar-refractivity contribution is -0.113. The van der Waals surface area contributed by atoms with Crippen molar-refractivity contribution in [3.05, 3.63) is 98.8 Å². The molecule has 0 bridgehead atoms. The van der Waals surface area contributed by atoms with Crippen LogP contribution >= 0.6 is 11.6 Å². The van der Waals surface area contributed by atoms with E-state index in [-0.39, 0.29) is 11.1 Å². The van der Waals surface area contributed by atoms with Crippen molar-refractivity contribution in [3.63, 3.8) is 0 Å². The normalized spacial score (nSPS) is 15.6. The topological polar surface area (TPSA) is 96.3 Å². The van der Waals surface area contributed by atoms with Gasteiger partial charge in [-0.05, 0) is 48.4 Å². The Morgan fingerprint density at radius 1 is 1.18 bits per heavy atom. The third-order valence-corrected chi connectivity index (χ3v) is 5.49. The molecule has 0 spiro atoms. The Hall–Kier alpha value is -3.98. The van der Waals surface area contributed by atoms with Crippen molar-refractivity contribution in [2.75, 3.05) is 12.4 Å². The molecule has 4 rings (SSSR count). The minimum atomic E-state index is -0.778. The Kier molecular flexibility index (Phi) is 5.97. The zero-order chi connectivity index (χ0) is 23.7. The number of aryl methyl sites for hydroxylation is 1. The van der Waals surface area contributed by atoms with Crippen molar-refractivity contribution < 1.29 is 14.0 Å². The second-order valence-corrected chi connectivity index (χ2v) is 7.88. The molecule has 3 amide bonds. The van der Waals surface area contributed by atoms with E-state index in [1.165, 1.54) is 60.7 Å². The molecule has 2 aromatic carbocycles. The van der Waals surface area contributed by atoms with E-state index >= 15 is 0 Å².